The first-order valence-corrected chi connectivity index (χ1v) is 21.8. The lowest BCUT2D eigenvalue weighted by Gasteiger charge is -2.09. The third kappa shape index (κ3) is 51.0. The Bertz CT molecular complexity index is 721. The van der Waals surface area contributed by atoms with Gasteiger partial charge in [-0.1, -0.05) is 90.4 Å². The Hall–Kier alpha value is -1.01. The Labute approximate surface area is 340 Å². The quantitative estimate of drug-likeness (QED) is 0.0507. The highest BCUT2D eigenvalue weighted by Gasteiger charge is 2.00. The molecule has 0 aromatic heterocycles. The van der Waals surface area contributed by atoms with Crippen molar-refractivity contribution in [3.63, 3.8) is 0 Å². The monoisotopic (exact) mass is 813 g/mol. The number of carbonyl (C=O) groups is 1. The molecule has 0 unspecified atom stereocenters. The van der Waals surface area contributed by atoms with Crippen molar-refractivity contribution < 1.29 is 66.4 Å². The second-order valence-corrected chi connectivity index (χ2v) is 13.3. The van der Waals surface area contributed by atoms with Gasteiger partial charge in [0.15, 0.2) is 0 Å². The van der Waals surface area contributed by atoms with Crippen molar-refractivity contribution in [1.82, 2.24) is 0 Å². The molecule has 0 bridgehead atoms. The molecule has 0 aliphatic carbocycles. The zero-order chi connectivity index (χ0) is 40.3. The van der Waals surface area contributed by atoms with Crippen LogP contribution in [-0.2, 0) is 66.4 Å². The van der Waals surface area contributed by atoms with E-state index < -0.39 is 0 Å². The van der Waals surface area contributed by atoms with Crippen LogP contribution in [0.1, 0.15) is 103 Å². The highest BCUT2D eigenvalue weighted by Crippen LogP contribution is 2.13. The Morgan fingerprint density at radius 3 is 0.696 bits per heavy atom. The highest BCUT2D eigenvalue weighted by atomic mass is 16.6. The van der Waals surface area contributed by atoms with Gasteiger partial charge in [0.25, 0.3) is 0 Å². The molecule has 14 nitrogen and oxygen atoms in total. The smallest absolute Gasteiger partial charge is 0.307 e. The van der Waals surface area contributed by atoms with Crippen LogP contribution in [0.4, 0.5) is 0 Å². The second kappa shape index (κ2) is 52.0. The number of methoxy groups -OCH3 is 1. The minimum Gasteiger partial charge on any atom is -0.469 e. The van der Waals surface area contributed by atoms with Crippen molar-refractivity contribution in [1.29, 1.82) is 0 Å². The van der Waals surface area contributed by atoms with Gasteiger partial charge < -0.3 is 61.6 Å². The molecule has 56 heavy (non-hydrogen) atoms. The summed E-state index contributed by atoms with van der Waals surface area (Å²) in [5, 5.41) is 0. The van der Waals surface area contributed by atoms with Crippen LogP contribution in [-0.4, -0.2) is 172 Å². The number of hydrogen-bond donors (Lipinski definition) is 0. The fourth-order valence-corrected chi connectivity index (χ4v) is 5.18. The van der Waals surface area contributed by atoms with E-state index in [1.807, 2.05) is 0 Å². The van der Waals surface area contributed by atoms with Gasteiger partial charge in [0.05, 0.1) is 165 Å². The largest absolute Gasteiger partial charge is 0.469 e. The van der Waals surface area contributed by atoms with Crippen molar-refractivity contribution in [3.8, 4) is 0 Å². The van der Waals surface area contributed by atoms with Crippen LogP contribution in [0.5, 0.6) is 0 Å². The molecule has 0 N–H and O–H groups in total. The number of ether oxygens (including phenoxy) is 13. The zero-order valence-corrected chi connectivity index (χ0v) is 35.8. The normalized spacial score (nSPS) is 11.5. The SMILES string of the molecule is CCCCCCCCCCCCCCCCOCCOCCOCCOCCOCCOCCOCCOCCOCCOCCOCCOCCC(=O)OC. The fraction of sp³-hybridized carbons (Fsp3) is 0.976. The van der Waals surface area contributed by atoms with Crippen LogP contribution in [0.2, 0.25) is 0 Å². The molecule has 14 heteroatoms. The summed E-state index contributed by atoms with van der Waals surface area (Å²) in [6.45, 7) is 14.8. The number of carbonyl (C=O) groups excluding carboxylic acids is 1. The van der Waals surface area contributed by atoms with Gasteiger partial charge in [-0.15, -0.1) is 0 Å². The van der Waals surface area contributed by atoms with E-state index in [1.54, 1.807) is 0 Å². The molecule has 0 saturated carbocycles. The van der Waals surface area contributed by atoms with Gasteiger partial charge in [-0.25, -0.2) is 0 Å². The van der Waals surface area contributed by atoms with Gasteiger partial charge in [-0.2, -0.15) is 0 Å². The molecule has 0 aliphatic heterocycles. The number of hydrogen-bond acceptors (Lipinski definition) is 14. The summed E-state index contributed by atoms with van der Waals surface area (Å²) in [5.74, 6) is -0.284. The molecule has 0 rings (SSSR count). The lowest BCUT2D eigenvalue weighted by molar-refractivity contribution is -0.141. The van der Waals surface area contributed by atoms with Crippen molar-refractivity contribution in [3.05, 3.63) is 0 Å². The van der Waals surface area contributed by atoms with Crippen LogP contribution in [0.15, 0.2) is 0 Å². The summed E-state index contributed by atoms with van der Waals surface area (Å²) in [5.41, 5.74) is 0. The molecule has 0 radical (unpaired) electrons. The Balaban J connectivity index is 3.06. The van der Waals surface area contributed by atoms with E-state index >= 15 is 0 Å². The van der Waals surface area contributed by atoms with E-state index in [0.29, 0.717) is 152 Å². The summed E-state index contributed by atoms with van der Waals surface area (Å²) in [6, 6.07) is 0. The van der Waals surface area contributed by atoms with E-state index in [9.17, 15) is 4.79 Å². The predicted molar refractivity (Wildman–Crippen MR) is 217 cm³/mol. The van der Waals surface area contributed by atoms with Crippen molar-refractivity contribution >= 4 is 5.97 Å². The summed E-state index contributed by atoms with van der Waals surface area (Å²) >= 11 is 0. The molecular weight excluding hydrogens is 728 g/mol. The van der Waals surface area contributed by atoms with Gasteiger partial charge in [-0.05, 0) is 6.42 Å². The summed E-state index contributed by atoms with van der Waals surface area (Å²) in [6.07, 6.45) is 19.5. The lowest BCUT2D eigenvalue weighted by atomic mass is 10.0. The zero-order valence-electron chi connectivity index (χ0n) is 35.8. The average Bonchev–Trinajstić information content (AvgIpc) is 3.21. The molecule has 0 saturated heterocycles. The first-order valence-electron chi connectivity index (χ1n) is 21.8. The van der Waals surface area contributed by atoms with E-state index in [0.717, 1.165) is 13.0 Å². The maximum atomic E-state index is 10.9. The Morgan fingerprint density at radius 1 is 0.268 bits per heavy atom. The minimum atomic E-state index is -0.284. The second-order valence-electron chi connectivity index (χ2n) is 13.3. The molecule has 0 heterocycles. The lowest BCUT2D eigenvalue weighted by Crippen LogP contribution is -2.15. The van der Waals surface area contributed by atoms with Crippen molar-refractivity contribution in [2.75, 3.05) is 166 Å². The van der Waals surface area contributed by atoms with Gasteiger partial charge in [0, 0.05) is 6.61 Å². The predicted octanol–water partition coefficient (Wildman–Crippen LogP) is 6.23. The first kappa shape index (κ1) is 55.0. The summed E-state index contributed by atoms with van der Waals surface area (Å²) in [7, 11) is 1.36. The van der Waals surface area contributed by atoms with Crippen LogP contribution in [0.25, 0.3) is 0 Å². The summed E-state index contributed by atoms with van der Waals surface area (Å²) in [4.78, 5) is 10.9. The third-order valence-electron chi connectivity index (χ3n) is 8.41. The molecule has 0 atom stereocenters. The fourth-order valence-electron chi connectivity index (χ4n) is 5.18. The van der Waals surface area contributed by atoms with Gasteiger partial charge in [-0.3, -0.25) is 4.79 Å². The molecule has 336 valence electrons. The maximum Gasteiger partial charge on any atom is 0.307 e. The van der Waals surface area contributed by atoms with Gasteiger partial charge in [0.1, 0.15) is 0 Å². The minimum absolute atomic E-state index is 0.246. The highest BCUT2D eigenvalue weighted by molar-refractivity contribution is 5.69. The molecular formula is C42H84O14. The Kier molecular flexibility index (Phi) is 51.1. The van der Waals surface area contributed by atoms with Gasteiger partial charge in [0.2, 0.25) is 0 Å². The van der Waals surface area contributed by atoms with Crippen LogP contribution >= 0.6 is 0 Å². The van der Waals surface area contributed by atoms with Gasteiger partial charge >= 0.3 is 5.97 Å². The maximum absolute atomic E-state index is 10.9. The standard InChI is InChI=1S/C42H84O14/c1-3-4-5-6-7-8-9-10-11-12-13-14-15-16-18-45-20-22-47-24-26-49-28-30-51-32-34-53-36-38-55-40-41-56-39-37-54-35-33-52-31-29-50-27-25-48-23-21-46-19-17-42(43)44-2/h3-41H2,1-2H3. The van der Waals surface area contributed by atoms with Crippen molar-refractivity contribution in [2.45, 2.75) is 103 Å². The van der Waals surface area contributed by atoms with Crippen molar-refractivity contribution in [2.24, 2.45) is 0 Å². The molecule has 0 aromatic carbocycles. The van der Waals surface area contributed by atoms with Crippen LogP contribution < -0.4 is 0 Å². The van der Waals surface area contributed by atoms with Crippen LogP contribution in [0.3, 0.4) is 0 Å². The molecule has 0 amide bonds. The topological polar surface area (TPSA) is 137 Å². The molecule has 0 aromatic rings. The van der Waals surface area contributed by atoms with E-state index in [1.165, 1.54) is 90.6 Å². The average molecular weight is 813 g/mol. The number of unbranched alkanes of at least 4 members (excludes halogenated alkanes) is 13. The third-order valence-corrected chi connectivity index (χ3v) is 8.41. The van der Waals surface area contributed by atoms with Crippen LogP contribution in [0, 0.1) is 0 Å². The molecule has 0 spiro atoms. The number of esters is 1. The Morgan fingerprint density at radius 2 is 0.464 bits per heavy atom. The summed E-state index contributed by atoms with van der Waals surface area (Å²) < 4.78 is 70.4. The van der Waals surface area contributed by atoms with E-state index in [4.69, 9.17) is 56.8 Å². The molecule has 0 fully saturated rings. The van der Waals surface area contributed by atoms with E-state index in [2.05, 4.69) is 11.7 Å². The molecule has 0 aliphatic rings. The first-order chi connectivity index (χ1) is 27.8. The van der Waals surface area contributed by atoms with E-state index in [-0.39, 0.29) is 12.4 Å². The number of rotatable bonds is 51.